The summed E-state index contributed by atoms with van der Waals surface area (Å²) >= 11 is 0. The Morgan fingerprint density at radius 1 is 1.00 bits per heavy atom. The van der Waals surface area contributed by atoms with Crippen molar-refractivity contribution in [3.05, 3.63) is 35.9 Å². The highest BCUT2D eigenvalue weighted by Gasteiger charge is 2.32. The minimum absolute atomic E-state index is 0.109. The predicted molar refractivity (Wildman–Crippen MR) is 107 cm³/mol. The highest BCUT2D eigenvalue weighted by atomic mass is 16.5. The van der Waals surface area contributed by atoms with Crippen LogP contribution >= 0.6 is 0 Å². The molecule has 1 atom stereocenters. The Balaban J connectivity index is 1.61. The van der Waals surface area contributed by atoms with Crippen LogP contribution in [0.15, 0.2) is 30.3 Å². The monoisotopic (exact) mass is 403 g/mol. The number of piperazine rings is 1. The van der Waals surface area contributed by atoms with Crippen molar-refractivity contribution in [2.45, 2.75) is 6.04 Å². The molecule has 4 amide bonds. The summed E-state index contributed by atoms with van der Waals surface area (Å²) in [5.41, 5.74) is 0.821. The van der Waals surface area contributed by atoms with Crippen molar-refractivity contribution in [2.24, 2.45) is 0 Å². The maximum absolute atomic E-state index is 12.8. The number of benzene rings is 1. The summed E-state index contributed by atoms with van der Waals surface area (Å²) in [5.74, 6) is -0.263. The SMILES string of the molecule is CNC(=O)NC(=O)C(c1ccccc1)N1CCN(C(=O)CN2CCOCC2)CC1. The van der Waals surface area contributed by atoms with Gasteiger partial charge < -0.3 is 15.0 Å². The molecule has 0 aliphatic carbocycles. The maximum atomic E-state index is 12.8. The number of carbonyl (C=O) groups excluding carboxylic acids is 3. The average Bonchev–Trinajstić information content (AvgIpc) is 2.75. The van der Waals surface area contributed by atoms with Gasteiger partial charge >= 0.3 is 6.03 Å². The Kier molecular flexibility index (Phi) is 7.56. The van der Waals surface area contributed by atoms with Crippen LogP contribution in [0.3, 0.4) is 0 Å². The van der Waals surface area contributed by atoms with Crippen molar-refractivity contribution in [1.29, 1.82) is 0 Å². The lowest BCUT2D eigenvalue weighted by Crippen LogP contribution is -2.55. The molecule has 3 rings (SSSR count). The second-order valence-electron chi connectivity index (χ2n) is 7.19. The normalized spacial score (nSPS) is 19.4. The molecule has 2 saturated heterocycles. The van der Waals surface area contributed by atoms with Crippen LogP contribution in [0.1, 0.15) is 11.6 Å². The van der Waals surface area contributed by atoms with E-state index in [1.54, 1.807) is 0 Å². The van der Waals surface area contributed by atoms with Crippen LogP contribution in [0.25, 0.3) is 0 Å². The molecule has 1 aromatic rings. The van der Waals surface area contributed by atoms with Crippen LogP contribution in [-0.4, -0.2) is 98.6 Å². The van der Waals surface area contributed by atoms with Crippen LogP contribution in [0.2, 0.25) is 0 Å². The third-order valence-corrected chi connectivity index (χ3v) is 5.32. The molecule has 2 N–H and O–H groups in total. The minimum atomic E-state index is -0.579. The maximum Gasteiger partial charge on any atom is 0.321 e. The van der Waals surface area contributed by atoms with Crippen molar-refractivity contribution in [3.8, 4) is 0 Å². The molecule has 0 radical (unpaired) electrons. The van der Waals surface area contributed by atoms with E-state index in [1.807, 2.05) is 40.1 Å². The van der Waals surface area contributed by atoms with Gasteiger partial charge in [-0.3, -0.25) is 24.7 Å². The lowest BCUT2D eigenvalue weighted by atomic mass is 10.0. The summed E-state index contributed by atoms with van der Waals surface area (Å²) < 4.78 is 5.33. The number of hydrogen-bond donors (Lipinski definition) is 2. The van der Waals surface area contributed by atoms with Gasteiger partial charge in [-0.05, 0) is 5.56 Å². The predicted octanol–water partition coefficient (Wildman–Crippen LogP) is -0.340. The quantitative estimate of drug-likeness (QED) is 0.699. The van der Waals surface area contributed by atoms with E-state index >= 15 is 0 Å². The number of nitrogens with one attached hydrogen (secondary N) is 2. The number of carbonyl (C=O) groups is 3. The first-order valence-electron chi connectivity index (χ1n) is 9.98. The zero-order chi connectivity index (χ0) is 20.6. The summed E-state index contributed by atoms with van der Waals surface area (Å²) in [6.45, 7) is 5.54. The number of urea groups is 1. The van der Waals surface area contributed by atoms with Crippen LogP contribution in [0.5, 0.6) is 0 Å². The zero-order valence-corrected chi connectivity index (χ0v) is 16.8. The van der Waals surface area contributed by atoms with Gasteiger partial charge in [0.1, 0.15) is 6.04 Å². The van der Waals surface area contributed by atoms with Crippen molar-refractivity contribution in [3.63, 3.8) is 0 Å². The smallest absolute Gasteiger partial charge is 0.321 e. The molecule has 29 heavy (non-hydrogen) atoms. The van der Waals surface area contributed by atoms with E-state index in [0.717, 1.165) is 18.7 Å². The van der Waals surface area contributed by atoms with Gasteiger partial charge in [-0.15, -0.1) is 0 Å². The van der Waals surface area contributed by atoms with Crippen LogP contribution in [0, 0.1) is 0 Å². The molecule has 2 heterocycles. The molecule has 1 unspecified atom stereocenters. The lowest BCUT2D eigenvalue weighted by molar-refractivity contribution is -0.136. The number of imide groups is 1. The fraction of sp³-hybridized carbons (Fsp3) is 0.550. The molecule has 2 aliphatic rings. The van der Waals surface area contributed by atoms with Gasteiger partial charge in [-0.2, -0.15) is 0 Å². The Bertz CT molecular complexity index is 700. The van der Waals surface area contributed by atoms with E-state index in [2.05, 4.69) is 15.5 Å². The number of amides is 4. The fourth-order valence-electron chi connectivity index (χ4n) is 3.69. The molecule has 2 fully saturated rings. The van der Waals surface area contributed by atoms with E-state index < -0.39 is 12.1 Å². The summed E-state index contributed by atoms with van der Waals surface area (Å²) in [5, 5.41) is 4.79. The van der Waals surface area contributed by atoms with E-state index in [-0.39, 0.29) is 11.8 Å². The van der Waals surface area contributed by atoms with E-state index in [1.165, 1.54) is 7.05 Å². The first-order valence-corrected chi connectivity index (χ1v) is 9.98. The molecule has 0 saturated carbocycles. The number of morpholine rings is 1. The second kappa shape index (κ2) is 10.3. The molecule has 2 aliphatic heterocycles. The highest BCUT2D eigenvalue weighted by Crippen LogP contribution is 2.22. The second-order valence-corrected chi connectivity index (χ2v) is 7.19. The standard InChI is InChI=1S/C20H29N5O4/c1-21-20(28)22-19(27)18(16-5-3-2-4-6-16)25-9-7-24(8-10-25)17(26)15-23-11-13-29-14-12-23/h2-6,18H,7-15H2,1H3,(H2,21,22,27,28). The number of hydrogen-bond acceptors (Lipinski definition) is 6. The topological polar surface area (TPSA) is 94.2 Å². The Morgan fingerprint density at radius 3 is 2.28 bits per heavy atom. The Hall–Kier alpha value is -2.49. The largest absolute Gasteiger partial charge is 0.379 e. The summed E-state index contributed by atoms with van der Waals surface area (Å²) in [4.78, 5) is 43.0. The first kappa shape index (κ1) is 21.2. The number of nitrogens with zero attached hydrogens (tertiary/aromatic N) is 3. The molecule has 0 bridgehead atoms. The third-order valence-electron chi connectivity index (χ3n) is 5.32. The van der Waals surface area contributed by atoms with Gasteiger partial charge in [0.15, 0.2) is 0 Å². The fourth-order valence-corrected chi connectivity index (χ4v) is 3.69. The van der Waals surface area contributed by atoms with Gasteiger partial charge in [0.05, 0.1) is 19.8 Å². The molecule has 9 heteroatoms. The van der Waals surface area contributed by atoms with Crippen molar-refractivity contribution >= 4 is 17.8 Å². The van der Waals surface area contributed by atoms with Gasteiger partial charge in [0, 0.05) is 46.3 Å². The Morgan fingerprint density at radius 2 is 1.66 bits per heavy atom. The molecule has 1 aromatic carbocycles. The minimum Gasteiger partial charge on any atom is -0.379 e. The van der Waals surface area contributed by atoms with Crippen LogP contribution < -0.4 is 10.6 Å². The molecular weight excluding hydrogens is 374 g/mol. The summed E-state index contributed by atoms with van der Waals surface area (Å²) in [7, 11) is 1.47. The van der Waals surface area contributed by atoms with Gasteiger partial charge in [-0.1, -0.05) is 30.3 Å². The van der Waals surface area contributed by atoms with E-state index in [0.29, 0.717) is 45.9 Å². The number of ether oxygens (including phenoxy) is 1. The van der Waals surface area contributed by atoms with Gasteiger partial charge in [0.25, 0.3) is 0 Å². The van der Waals surface area contributed by atoms with Crippen molar-refractivity contribution in [1.82, 2.24) is 25.3 Å². The average molecular weight is 403 g/mol. The molecule has 158 valence electrons. The summed E-state index contributed by atoms with van der Waals surface area (Å²) in [6, 6.07) is 8.28. The van der Waals surface area contributed by atoms with E-state index in [4.69, 9.17) is 4.74 Å². The summed E-state index contributed by atoms with van der Waals surface area (Å²) in [6.07, 6.45) is 0. The van der Waals surface area contributed by atoms with Crippen molar-refractivity contribution in [2.75, 3.05) is 66.1 Å². The van der Waals surface area contributed by atoms with Crippen LogP contribution in [-0.2, 0) is 14.3 Å². The molecule has 9 nitrogen and oxygen atoms in total. The molecular formula is C20H29N5O4. The Labute approximate surface area is 171 Å². The zero-order valence-electron chi connectivity index (χ0n) is 16.8. The van der Waals surface area contributed by atoms with Gasteiger partial charge in [0.2, 0.25) is 11.8 Å². The number of rotatable bonds is 5. The highest BCUT2D eigenvalue weighted by molar-refractivity contribution is 5.97. The lowest BCUT2D eigenvalue weighted by Gasteiger charge is -2.39. The van der Waals surface area contributed by atoms with E-state index in [9.17, 15) is 14.4 Å². The first-order chi connectivity index (χ1) is 14.1. The third kappa shape index (κ3) is 5.75. The van der Waals surface area contributed by atoms with Crippen LogP contribution in [0.4, 0.5) is 4.79 Å². The van der Waals surface area contributed by atoms with Crippen molar-refractivity contribution < 1.29 is 19.1 Å². The van der Waals surface area contributed by atoms with Gasteiger partial charge in [-0.25, -0.2) is 4.79 Å². The molecule has 0 spiro atoms. The molecule has 0 aromatic heterocycles.